The molecule has 84 valence electrons. The van der Waals surface area contributed by atoms with Crippen molar-refractivity contribution in [2.45, 2.75) is 25.8 Å². The molecule has 2 atom stereocenters. The fourth-order valence-corrected chi connectivity index (χ4v) is 2.60. The molecule has 3 nitrogen and oxygen atoms in total. The minimum atomic E-state index is 0.667. The lowest BCUT2D eigenvalue weighted by atomic mass is 10.0. The highest BCUT2D eigenvalue weighted by Crippen LogP contribution is 2.13. The van der Waals surface area contributed by atoms with E-state index >= 15 is 0 Å². The van der Waals surface area contributed by atoms with Crippen molar-refractivity contribution in [1.82, 2.24) is 15.6 Å². The second-order valence-electron chi connectivity index (χ2n) is 4.26. The lowest BCUT2D eigenvalue weighted by Gasteiger charge is -2.15. The molecule has 2 heterocycles. The van der Waals surface area contributed by atoms with Crippen molar-refractivity contribution in [1.29, 1.82) is 0 Å². The minimum Gasteiger partial charge on any atom is -0.315 e. The van der Waals surface area contributed by atoms with Crippen molar-refractivity contribution in [3.05, 3.63) is 16.6 Å². The van der Waals surface area contributed by atoms with E-state index in [-0.39, 0.29) is 0 Å². The Balaban J connectivity index is 1.59. The number of hydrogen-bond donors (Lipinski definition) is 2. The van der Waals surface area contributed by atoms with Crippen LogP contribution in [0.25, 0.3) is 0 Å². The molecule has 1 aliphatic rings. The van der Waals surface area contributed by atoms with E-state index in [1.165, 1.54) is 18.7 Å². The number of thiazole rings is 1. The molecule has 0 amide bonds. The zero-order valence-electron chi connectivity index (χ0n) is 9.20. The highest BCUT2D eigenvalue weighted by molar-refractivity contribution is 7.07. The van der Waals surface area contributed by atoms with Crippen molar-refractivity contribution >= 4 is 11.3 Å². The van der Waals surface area contributed by atoms with Gasteiger partial charge in [0.1, 0.15) is 0 Å². The number of rotatable bonds is 5. The molecule has 1 saturated heterocycles. The van der Waals surface area contributed by atoms with Crippen LogP contribution in [0.15, 0.2) is 10.9 Å². The van der Waals surface area contributed by atoms with Crippen molar-refractivity contribution in [3.8, 4) is 0 Å². The van der Waals surface area contributed by atoms with Crippen LogP contribution in [0.4, 0.5) is 0 Å². The van der Waals surface area contributed by atoms with Crippen LogP contribution in [0.5, 0.6) is 0 Å². The Morgan fingerprint density at radius 3 is 3.27 bits per heavy atom. The fourth-order valence-electron chi connectivity index (χ4n) is 2.01. The Hall–Kier alpha value is -0.450. The molecule has 15 heavy (non-hydrogen) atoms. The van der Waals surface area contributed by atoms with Crippen LogP contribution in [0.1, 0.15) is 19.0 Å². The second kappa shape index (κ2) is 5.58. The molecule has 0 spiro atoms. The predicted octanol–water partition coefficient (Wildman–Crippen LogP) is 1.27. The summed E-state index contributed by atoms with van der Waals surface area (Å²) in [6.45, 7) is 5.63. The topological polar surface area (TPSA) is 37.0 Å². The molecule has 4 heteroatoms. The van der Waals surface area contributed by atoms with Crippen molar-refractivity contribution in [2.24, 2.45) is 5.92 Å². The minimum absolute atomic E-state index is 0.667. The van der Waals surface area contributed by atoms with Crippen LogP contribution in [0, 0.1) is 5.92 Å². The maximum absolute atomic E-state index is 4.26. The van der Waals surface area contributed by atoms with Gasteiger partial charge in [-0.3, -0.25) is 0 Å². The Morgan fingerprint density at radius 1 is 1.67 bits per heavy atom. The van der Waals surface area contributed by atoms with E-state index in [9.17, 15) is 0 Å². The van der Waals surface area contributed by atoms with Crippen LogP contribution in [-0.4, -0.2) is 30.7 Å². The van der Waals surface area contributed by atoms with Gasteiger partial charge in [0.25, 0.3) is 0 Å². The summed E-state index contributed by atoms with van der Waals surface area (Å²) in [5.74, 6) is 0.816. The van der Waals surface area contributed by atoms with Gasteiger partial charge in [-0.1, -0.05) is 6.92 Å². The molecule has 0 aliphatic carbocycles. The van der Waals surface area contributed by atoms with Crippen LogP contribution < -0.4 is 10.6 Å². The van der Waals surface area contributed by atoms with Gasteiger partial charge in [-0.2, -0.15) is 0 Å². The fraction of sp³-hybridized carbons (Fsp3) is 0.727. The second-order valence-corrected chi connectivity index (χ2v) is 4.98. The van der Waals surface area contributed by atoms with Gasteiger partial charge in [-0.25, -0.2) is 4.98 Å². The first-order valence-corrected chi connectivity index (χ1v) is 6.61. The zero-order chi connectivity index (χ0) is 10.5. The third-order valence-corrected chi connectivity index (χ3v) is 3.73. The monoisotopic (exact) mass is 225 g/mol. The van der Waals surface area contributed by atoms with Gasteiger partial charge >= 0.3 is 0 Å². The summed E-state index contributed by atoms with van der Waals surface area (Å²) >= 11 is 1.67. The lowest BCUT2D eigenvalue weighted by Crippen LogP contribution is -2.37. The summed E-state index contributed by atoms with van der Waals surface area (Å²) in [7, 11) is 0. The molecule has 0 saturated carbocycles. The molecule has 1 aliphatic heterocycles. The molecule has 2 unspecified atom stereocenters. The Kier molecular flexibility index (Phi) is 4.11. The largest absolute Gasteiger partial charge is 0.315 e. The van der Waals surface area contributed by atoms with Gasteiger partial charge in [0, 0.05) is 30.9 Å². The molecule has 0 bridgehead atoms. The average Bonchev–Trinajstić information content (AvgIpc) is 2.85. The highest BCUT2D eigenvalue weighted by Gasteiger charge is 2.21. The van der Waals surface area contributed by atoms with Gasteiger partial charge in [0.2, 0.25) is 0 Å². The number of nitrogens with zero attached hydrogens (tertiary/aromatic N) is 1. The summed E-state index contributed by atoms with van der Waals surface area (Å²) < 4.78 is 0. The van der Waals surface area contributed by atoms with E-state index in [0.29, 0.717) is 6.04 Å². The molecule has 1 fully saturated rings. The molecule has 2 N–H and O–H groups in total. The first kappa shape index (κ1) is 11.0. The summed E-state index contributed by atoms with van der Waals surface area (Å²) in [6.07, 6.45) is 2.36. The van der Waals surface area contributed by atoms with Gasteiger partial charge in [-0.15, -0.1) is 11.3 Å². The summed E-state index contributed by atoms with van der Waals surface area (Å²) in [6, 6.07) is 0.667. The van der Waals surface area contributed by atoms with E-state index in [1.807, 2.05) is 5.51 Å². The average molecular weight is 225 g/mol. The maximum Gasteiger partial charge on any atom is 0.0794 e. The first-order valence-electron chi connectivity index (χ1n) is 5.67. The van der Waals surface area contributed by atoms with Crippen LogP contribution in [0.2, 0.25) is 0 Å². The molecular weight excluding hydrogens is 206 g/mol. The van der Waals surface area contributed by atoms with E-state index in [1.54, 1.807) is 11.3 Å². The van der Waals surface area contributed by atoms with E-state index in [4.69, 9.17) is 0 Å². The Labute approximate surface area is 95.3 Å². The SMILES string of the molecule is CC1CCNC1CNCCc1cscn1. The number of nitrogens with one attached hydrogen (secondary N) is 2. The third-order valence-electron chi connectivity index (χ3n) is 3.10. The van der Waals surface area contributed by atoms with Crippen LogP contribution >= 0.6 is 11.3 Å². The normalized spacial score (nSPS) is 25.9. The quantitative estimate of drug-likeness (QED) is 0.741. The summed E-state index contributed by atoms with van der Waals surface area (Å²) in [5.41, 5.74) is 3.11. The van der Waals surface area contributed by atoms with Crippen LogP contribution in [-0.2, 0) is 6.42 Å². The third kappa shape index (κ3) is 3.26. The zero-order valence-corrected chi connectivity index (χ0v) is 10.0. The standard InChI is InChI=1S/C11H19N3S/c1-9-2-5-13-11(9)6-12-4-3-10-7-15-8-14-10/h7-9,11-13H,2-6H2,1H3. The van der Waals surface area contributed by atoms with Gasteiger partial charge < -0.3 is 10.6 Å². The molecule has 1 aromatic rings. The molecule has 0 aromatic carbocycles. The Bertz CT molecular complexity index is 273. The van der Waals surface area contributed by atoms with Crippen LogP contribution in [0.3, 0.4) is 0 Å². The summed E-state index contributed by atoms with van der Waals surface area (Å²) in [5, 5.41) is 9.15. The van der Waals surface area contributed by atoms with Gasteiger partial charge in [0.15, 0.2) is 0 Å². The first-order chi connectivity index (χ1) is 7.36. The maximum atomic E-state index is 4.26. The highest BCUT2D eigenvalue weighted by atomic mass is 32.1. The number of hydrogen-bond acceptors (Lipinski definition) is 4. The van der Waals surface area contributed by atoms with Crippen molar-refractivity contribution in [2.75, 3.05) is 19.6 Å². The van der Waals surface area contributed by atoms with Gasteiger partial charge in [0.05, 0.1) is 11.2 Å². The van der Waals surface area contributed by atoms with E-state index < -0.39 is 0 Å². The van der Waals surface area contributed by atoms with Gasteiger partial charge in [-0.05, 0) is 18.9 Å². The van der Waals surface area contributed by atoms with Crippen molar-refractivity contribution in [3.63, 3.8) is 0 Å². The predicted molar refractivity (Wildman–Crippen MR) is 64.3 cm³/mol. The van der Waals surface area contributed by atoms with E-state index in [2.05, 4.69) is 27.9 Å². The smallest absolute Gasteiger partial charge is 0.0794 e. The summed E-state index contributed by atoms with van der Waals surface area (Å²) in [4.78, 5) is 4.26. The molecule has 1 aromatic heterocycles. The lowest BCUT2D eigenvalue weighted by molar-refractivity contribution is 0.450. The van der Waals surface area contributed by atoms with Crippen molar-refractivity contribution < 1.29 is 0 Å². The Morgan fingerprint density at radius 2 is 2.60 bits per heavy atom. The molecule has 0 radical (unpaired) electrons. The molecule has 2 rings (SSSR count). The van der Waals surface area contributed by atoms with E-state index in [0.717, 1.165) is 25.4 Å². The molecular formula is C11H19N3S. The number of aromatic nitrogens is 1.